The van der Waals surface area contributed by atoms with E-state index in [0.717, 1.165) is 17.0 Å². The molecule has 2 aliphatic heterocycles. The first-order valence-electron chi connectivity index (χ1n) is 10.2. The van der Waals surface area contributed by atoms with Crippen LogP contribution in [0.2, 0.25) is 0 Å². The number of benzene rings is 3. The van der Waals surface area contributed by atoms with Gasteiger partial charge in [0.2, 0.25) is 0 Å². The van der Waals surface area contributed by atoms with Crippen molar-refractivity contribution in [3.63, 3.8) is 0 Å². The maximum Gasteiger partial charge on any atom is 0.0120 e. The molecule has 3 aromatic carbocycles. The molecule has 2 bridgehead atoms. The van der Waals surface area contributed by atoms with E-state index in [1.807, 2.05) is 0 Å². The summed E-state index contributed by atoms with van der Waals surface area (Å²) in [5.74, 6) is 0. The maximum absolute atomic E-state index is 2.42. The number of rotatable bonds is 4. The lowest BCUT2D eigenvalue weighted by atomic mass is 9.94. The Morgan fingerprint density at radius 1 is 0.679 bits per heavy atom. The molecule has 1 saturated heterocycles. The van der Waals surface area contributed by atoms with Gasteiger partial charge in [0, 0.05) is 11.3 Å². The molecule has 0 radical (unpaired) electrons. The number of hydrogen-bond acceptors (Lipinski definition) is 0. The van der Waals surface area contributed by atoms with Crippen LogP contribution in [0.15, 0.2) is 102 Å². The van der Waals surface area contributed by atoms with Crippen LogP contribution < -0.4 is 15.9 Å². The zero-order chi connectivity index (χ0) is 19.1. The van der Waals surface area contributed by atoms with E-state index in [-0.39, 0.29) is 15.8 Å². The van der Waals surface area contributed by atoms with Crippen LogP contribution in [0, 0.1) is 0 Å². The first-order valence-corrected chi connectivity index (χ1v) is 13.0. The van der Waals surface area contributed by atoms with Crippen LogP contribution in [0.1, 0.15) is 20.3 Å². The third kappa shape index (κ3) is 2.99. The Morgan fingerprint density at radius 3 is 1.71 bits per heavy atom. The van der Waals surface area contributed by atoms with Gasteiger partial charge < -0.3 is 0 Å². The second-order valence-corrected chi connectivity index (χ2v) is 12.9. The standard InChI is InChI=1S/C26H26P2/c1-19-20(2)26-25(18-24(19)28(26)23-16-10-5-11-17-23)27(21-12-6-3-7-13-21)22-14-8-4-9-15-22/h3-17,24-26H,18H2,1-2H3/t24-,25+,26-,28?/m0/s1. The van der Waals surface area contributed by atoms with Crippen LogP contribution in [0.25, 0.3) is 0 Å². The summed E-state index contributed by atoms with van der Waals surface area (Å²) in [6.07, 6.45) is 1.35. The zero-order valence-corrected chi connectivity index (χ0v) is 18.3. The first kappa shape index (κ1) is 18.3. The highest BCUT2D eigenvalue weighted by Crippen LogP contribution is 2.70. The molecule has 5 rings (SSSR count). The fourth-order valence-electron chi connectivity index (χ4n) is 5.13. The van der Waals surface area contributed by atoms with Gasteiger partial charge in [-0.2, -0.15) is 0 Å². The Hall–Kier alpha value is -1.74. The Labute approximate surface area is 171 Å². The minimum absolute atomic E-state index is 0.141. The van der Waals surface area contributed by atoms with Crippen LogP contribution in [0.5, 0.6) is 0 Å². The van der Waals surface area contributed by atoms with E-state index in [1.54, 1.807) is 16.5 Å². The molecule has 2 heteroatoms. The highest BCUT2D eigenvalue weighted by Gasteiger charge is 2.53. The highest BCUT2D eigenvalue weighted by molar-refractivity contribution is 7.76. The molecule has 0 aliphatic carbocycles. The van der Waals surface area contributed by atoms with Crippen molar-refractivity contribution in [2.45, 2.75) is 37.2 Å². The Kier molecular flexibility index (Phi) is 4.96. The molecule has 1 unspecified atom stereocenters. The van der Waals surface area contributed by atoms with Gasteiger partial charge in [-0.25, -0.2) is 0 Å². The number of fused-ring (bicyclic) bond motifs is 2. The minimum atomic E-state index is -0.347. The number of hydrogen-bond donors (Lipinski definition) is 0. The van der Waals surface area contributed by atoms with E-state index in [2.05, 4.69) is 105 Å². The van der Waals surface area contributed by atoms with Gasteiger partial charge in [0.05, 0.1) is 0 Å². The summed E-state index contributed by atoms with van der Waals surface area (Å²) in [6, 6.07) is 34.0. The van der Waals surface area contributed by atoms with Crippen LogP contribution in [-0.2, 0) is 0 Å². The maximum atomic E-state index is 2.42. The third-order valence-corrected chi connectivity index (χ3v) is 13.1. The summed E-state index contributed by atoms with van der Waals surface area (Å²) in [4.78, 5) is 0. The predicted molar refractivity (Wildman–Crippen MR) is 126 cm³/mol. The SMILES string of the molecule is CC1=C(C)[C@H]2[C@H](P(c3ccccc3)c3ccccc3)C[C@@H]1P2c1ccccc1. The summed E-state index contributed by atoms with van der Waals surface area (Å²) in [6.45, 7) is 4.83. The third-order valence-electron chi connectivity index (χ3n) is 6.48. The van der Waals surface area contributed by atoms with E-state index in [9.17, 15) is 0 Å². The average molecular weight is 400 g/mol. The molecule has 1 fully saturated rings. The quantitative estimate of drug-likeness (QED) is 0.384. The van der Waals surface area contributed by atoms with E-state index < -0.39 is 0 Å². The van der Waals surface area contributed by atoms with Crippen molar-refractivity contribution in [3.05, 3.63) is 102 Å². The molecule has 0 aromatic heterocycles. The topological polar surface area (TPSA) is 0 Å². The van der Waals surface area contributed by atoms with Crippen molar-refractivity contribution in [1.82, 2.24) is 0 Å². The fourth-order valence-corrected chi connectivity index (χ4v) is 12.9. The van der Waals surface area contributed by atoms with Gasteiger partial charge in [0.1, 0.15) is 0 Å². The van der Waals surface area contributed by atoms with Crippen molar-refractivity contribution < 1.29 is 0 Å². The van der Waals surface area contributed by atoms with Gasteiger partial charge >= 0.3 is 0 Å². The molecule has 0 spiro atoms. The Bertz CT molecular complexity index is 939. The lowest BCUT2D eigenvalue weighted by Crippen LogP contribution is -2.30. The van der Waals surface area contributed by atoms with E-state index in [0.29, 0.717) is 0 Å². The molecule has 140 valence electrons. The van der Waals surface area contributed by atoms with Gasteiger partial charge in [-0.1, -0.05) is 110 Å². The molecule has 4 atom stereocenters. The fraction of sp³-hybridized carbons (Fsp3) is 0.231. The molecule has 2 heterocycles. The molecule has 2 aliphatic rings. The van der Waals surface area contributed by atoms with E-state index in [1.165, 1.54) is 17.0 Å². The predicted octanol–water partition coefficient (Wildman–Crippen LogP) is 5.79. The van der Waals surface area contributed by atoms with Crippen molar-refractivity contribution >= 4 is 31.8 Å². The van der Waals surface area contributed by atoms with Crippen molar-refractivity contribution in [1.29, 1.82) is 0 Å². The molecule has 28 heavy (non-hydrogen) atoms. The Balaban J connectivity index is 1.61. The average Bonchev–Trinajstić information content (AvgIpc) is 3.25. The smallest absolute Gasteiger partial charge is 0.0120 e. The van der Waals surface area contributed by atoms with Gasteiger partial charge in [-0.3, -0.25) is 0 Å². The monoisotopic (exact) mass is 400 g/mol. The molecule has 0 amide bonds. The van der Waals surface area contributed by atoms with Crippen LogP contribution >= 0.6 is 15.8 Å². The first-order chi connectivity index (χ1) is 13.8. The lowest BCUT2D eigenvalue weighted by Gasteiger charge is -2.33. The summed E-state index contributed by atoms with van der Waals surface area (Å²) >= 11 is 0. The molecule has 0 nitrogen and oxygen atoms in total. The minimum Gasteiger partial charge on any atom is -0.0660 e. The van der Waals surface area contributed by atoms with E-state index in [4.69, 9.17) is 0 Å². The Morgan fingerprint density at radius 2 is 1.18 bits per heavy atom. The summed E-state index contributed by atoms with van der Waals surface area (Å²) < 4.78 is 0. The van der Waals surface area contributed by atoms with Crippen LogP contribution in [0.3, 0.4) is 0 Å². The second kappa shape index (κ2) is 7.59. The summed E-state index contributed by atoms with van der Waals surface area (Å²) in [5.41, 5.74) is 5.63. The number of allylic oxidation sites excluding steroid dienone is 2. The molecule has 0 saturated carbocycles. The molecule has 0 N–H and O–H groups in total. The second-order valence-electron chi connectivity index (χ2n) is 7.91. The van der Waals surface area contributed by atoms with Gasteiger partial charge in [0.15, 0.2) is 0 Å². The van der Waals surface area contributed by atoms with Gasteiger partial charge in [-0.05, 0) is 49.8 Å². The van der Waals surface area contributed by atoms with Crippen molar-refractivity contribution in [2.75, 3.05) is 0 Å². The highest BCUT2D eigenvalue weighted by atomic mass is 31.1. The largest absolute Gasteiger partial charge is 0.0660 e. The van der Waals surface area contributed by atoms with Gasteiger partial charge in [-0.15, -0.1) is 0 Å². The molecular formula is C26H26P2. The summed E-state index contributed by atoms with van der Waals surface area (Å²) in [7, 11) is -0.488. The molecule has 3 aromatic rings. The normalized spacial score (nSPS) is 26.2. The van der Waals surface area contributed by atoms with Crippen LogP contribution in [-0.4, -0.2) is 17.0 Å². The van der Waals surface area contributed by atoms with E-state index >= 15 is 0 Å². The summed E-state index contributed by atoms with van der Waals surface area (Å²) in [5, 5.41) is 4.67. The molecular weight excluding hydrogens is 374 g/mol. The van der Waals surface area contributed by atoms with Crippen molar-refractivity contribution in [2.24, 2.45) is 0 Å². The zero-order valence-electron chi connectivity index (χ0n) is 16.5. The van der Waals surface area contributed by atoms with Crippen LogP contribution in [0.4, 0.5) is 0 Å². The lowest BCUT2D eigenvalue weighted by molar-refractivity contribution is 0.756. The van der Waals surface area contributed by atoms with Crippen molar-refractivity contribution in [3.8, 4) is 0 Å². The van der Waals surface area contributed by atoms with Gasteiger partial charge in [0.25, 0.3) is 0 Å².